The topological polar surface area (TPSA) is 96.7 Å². The van der Waals surface area contributed by atoms with Crippen molar-refractivity contribution in [3.63, 3.8) is 0 Å². The van der Waals surface area contributed by atoms with E-state index in [-0.39, 0.29) is 6.61 Å². The largest absolute Gasteiger partial charge is 0.493 e. The van der Waals surface area contributed by atoms with E-state index in [1.807, 2.05) is 0 Å². The van der Waals surface area contributed by atoms with E-state index in [0.717, 1.165) is 5.56 Å². The zero-order chi connectivity index (χ0) is 21.0. The molecule has 0 radical (unpaired) electrons. The molecule has 0 atom stereocenters. The van der Waals surface area contributed by atoms with Gasteiger partial charge in [0.05, 0.1) is 34.6 Å². The summed E-state index contributed by atoms with van der Waals surface area (Å²) in [6.45, 7) is 0.235. The molecule has 0 aliphatic carbocycles. The highest BCUT2D eigenvalue weighted by molar-refractivity contribution is 5.85. The lowest BCUT2D eigenvalue weighted by molar-refractivity contribution is 0.180. The van der Waals surface area contributed by atoms with Crippen molar-refractivity contribution in [3.8, 4) is 23.1 Å². The molecule has 0 N–H and O–H groups in total. The summed E-state index contributed by atoms with van der Waals surface area (Å²) in [6, 6.07) is 7.05. The second-order valence-corrected chi connectivity index (χ2v) is 5.92. The van der Waals surface area contributed by atoms with E-state index in [9.17, 15) is 4.79 Å². The van der Waals surface area contributed by atoms with Gasteiger partial charge in [0, 0.05) is 13.1 Å². The number of benzene rings is 1. The molecule has 29 heavy (non-hydrogen) atoms. The SMILES string of the molecule is COC(=O)N(C)c1cn2nc(OCc3cc(OC)c(OC)c(OC)c3)ccc2n1. The highest BCUT2D eigenvalue weighted by atomic mass is 16.5. The number of hydrogen-bond acceptors (Lipinski definition) is 8. The number of rotatable bonds is 7. The first-order valence-corrected chi connectivity index (χ1v) is 8.60. The quantitative estimate of drug-likeness (QED) is 0.595. The van der Waals surface area contributed by atoms with Gasteiger partial charge in [-0.1, -0.05) is 0 Å². The third kappa shape index (κ3) is 4.10. The van der Waals surface area contributed by atoms with Crippen LogP contribution in [0.1, 0.15) is 5.56 Å². The molecule has 1 amide bonds. The summed E-state index contributed by atoms with van der Waals surface area (Å²) >= 11 is 0. The molecule has 3 rings (SSSR count). The molecule has 2 aromatic heterocycles. The summed E-state index contributed by atoms with van der Waals surface area (Å²) in [4.78, 5) is 17.3. The number of carbonyl (C=O) groups is 1. The average Bonchev–Trinajstić information content (AvgIpc) is 3.18. The number of aromatic nitrogens is 3. The maximum absolute atomic E-state index is 11.6. The van der Waals surface area contributed by atoms with Gasteiger partial charge < -0.3 is 23.7 Å². The molecule has 0 aliphatic heterocycles. The van der Waals surface area contributed by atoms with Crippen LogP contribution in [0.5, 0.6) is 23.1 Å². The molecule has 0 fully saturated rings. The molecule has 0 spiro atoms. The number of nitrogens with zero attached hydrogens (tertiary/aromatic N) is 4. The number of imidazole rings is 1. The van der Waals surface area contributed by atoms with Crippen LogP contribution in [0.25, 0.3) is 5.65 Å². The summed E-state index contributed by atoms with van der Waals surface area (Å²) in [7, 11) is 7.53. The van der Waals surface area contributed by atoms with Crippen LogP contribution in [0.15, 0.2) is 30.5 Å². The second kappa shape index (κ2) is 8.55. The summed E-state index contributed by atoms with van der Waals surface area (Å²) in [5.41, 5.74) is 1.38. The van der Waals surface area contributed by atoms with Gasteiger partial charge in [0.25, 0.3) is 0 Å². The maximum atomic E-state index is 11.6. The highest BCUT2D eigenvalue weighted by Crippen LogP contribution is 2.38. The van der Waals surface area contributed by atoms with Crippen molar-refractivity contribution in [2.45, 2.75) is 6.61 Å². The normalized spacial score (nSPS) is 10.5. The van der Waals surface area contributed by atoms with Crippen LogP contribution >= 0.6 is 0 Å². The van der Waals surface area contributed by atoms with Gasteiger partial charge in [0.1, 0.15) is 6.61 Å². The van der Waals surface area contributed by atoms with E-state index in [1.165, 1.54) is 16.5 Å². The third-order valence-electron chi connectivity index (χ3n) is 4.19. The number of amides is 1. The first kappa shape index (κ1) is 20.1. The minimum absolute atomic E-state index is 0.235. The van der Waals surface area contributed by atoms with Gasteiger partial charge in [0.2, 0.25) is 11.6 Å². The van der Waals surface area contributed by atoms with Crippen molar-refractivity contribution >= 4 is 17.6 Å². The van der Waals surface area contributed by atoms with Crippen LogP contribution in [0, 0.1) is 0 Å². The van der Waals surface area contributed by atoms with Crippen LogP contribution in [0.4, 0.5) is 10.6 Å². The zero-order valence-corrected chi connectivity index (χ0v) is 16.8. The summed E-state index contributed by atoms with van der Waals surface area (Å²) in [5, 5.41) is 4.36. The molecule has 0 saturated carbocycles. The second-order valence-electron chi connectivity index (χ2n) is 5.92. The van der Waals surface area contributed by atoms with Crippen LogP contribution in [0.3, 0.4) is 0 Å². The van der Waals surface area contributed by atoms with E-state index >= 15 is 0 Å². The summed E-state index contributed by atoms with van der Waals surface area (Å²) in [5.74, 6) is 2.39. The van der Waals surface area contributed by atoms with Gasteiger partial charge in [-0.25, -0.2) is 14.3 Å². The summed E-state index contributed by atoms with van der Waals surface area (Å²) < 4.78 is 28.0. The molecular weight excluding hydrogens is 380 g/mol. The Morgan fingerprint density at radius 1 is 1.07 bits per heavy atom. The van der Waals surface area contributed by atoms with Crippen molar-refractivity contribution in [1.29, 1.82) is 0 Å². The van der Waals surface area contributed by atoms with Crippen molar-refractivity contribution in [3.05, 3.63) is 36.0 Å². The molecule has 10 nitrogen and oxygen atoms in total. The molecule has 0 saturated heterocycles. The van der Waals surface area contributed by atoms with E-state index in [4.69, 9.17) is 23.7 Å². The van der Waals surface area contributed by atoms with Crippen LogP contribution in [-0.2, 0) is 11.3 Å². The first-order valence-electron chi connectivity index (χ1n) is 8.60. The zero-order valence-electron chi connectivity index (χ0n) is 16.8. The van der Waals surface area contributed by atoms with Gasteiger partial charge in [-0.3, -0.25) is 4.90 Å². The molecule has 0 aliphatic rings. The smallest absolute Gasteiger partial charge is 0.414 e. The Kier molecular flexibility index (Phi) is 5.91. The Balaban J connectivity index is 1.79. The monoisotopic (exact) mass is 402 g/mol. The number of methoxy groups -OCH3 is 4. The van der Waals surface area contributed by atoms with E-state index in [1.54, 1.807) is 58.8 Å². The van der Waals surface area contributed by atoms with Crippen LogP contribution < -0.4 is 23.8 Å². The Morgan fingerprint density at radius 2 is 1.76 bits per heavy atom. The molecule has 0 bridgehead atoms. The number of fused-ring (bicyclic) bond motifs is 1. The Hall–Kier alpha value is -3.69. The number of carbonyl (C=O) groups excluding carboxylic acids is 1. The number of ether oxygens (including phenoxy) is 5. The lowest BCUT2D eigenvalue weighted by atomic mass is 10.2. The lowest BCUT2D eigenvalue weighted by Gasteiger charge is -2.14. The molecule has 10 heteroatoms. The fourth-order valence-corrected chi connectivity index (χ4v) is 2.70. The van der Waals surface area contributed by atoms with E-state index in [2.05, 4.69) is 10.1 Å². The van der Waals surface area contributed by atoms with Gasteiger partial charge in [-0.2, -0.15) is 0 Å². The average molecular weight is 402 g/mol. The standard InChI is InChI=1S/C19H22N4O6/c1-22(19(24)28-5)16-10-23-15(20-16)6-7-17(21-23)29-11-12-8-13(25-2)18(27-4)14(9-12)26-3/h6-10H,11H2,1-5H3. The maximum Gasteiger partial charge on any atom is 0.414 e. The Bertz CT molecular complexity index is 994. The van der Waals surface area contributed by atoms with Crippen LogP contribution in [-0.4, -0.2) is 56.2 Å². The van der Waals surface area contributed by atoms with Crippen molar-refractivity contribution in [1.82, 2.24) is 14.6 Å². The third-order valence-corrected chi connectivity index (χ3v) is 4.19. The predicted octanol–water partition coefficient (Wildman–Crippen LogP) is 2.54. The summed E-state index contributed by atoms with van der Waals surface area (Å²) in [6.07, 6.45) is 1.09. The number of anilines is 1. The van der Waals surface area contributed by atoms with Crippen molar-refractivity contribution in [2.24, 2.45) is 0 Å². The fourth-order valence-electron chi connectivity index (χ4n) is 2.70. The minimum Gasteiger partial charge on any atom is -0.493 e. The van der Waals surface area contributed by atoms with Gasteiger partial charge in [0.15, 0.2) is 23.0 Å². The van der Waals surface area contributed by atoms with Gasteiger partial charge in [-0.05, 0) is 23.8 Å². The van der Waals surface area contributed by atoms with E-state index in [0.29, 0.717) is 34.6 Å². The van der Waals surface area contributed by atoms with Crippen molar-refractivity contribution < 1.29 is 28.5 Å². The highest BCUT2D eigenvalue weighted by Gasteiger charge is 2.16. The molecule has 1 aromatic carbocycles. The van der Waals surface area contributed by atoms with Crippen LogP contribution in [0.2, 0.25) is 0 Å². The first-order chi connectivity index (χ1) is 14.0. The molecule has 2 heterocycles. The predicted molar refractivity (Wildman–Crippen MR) is 104 cm³/mol. The molecule has 154 valence electrons. The van der Waals surface area contributed by atoms with Crippen molar-refractivity contribution in [2.75, 3.05) is 40.4 Å². The lowest BCUT2D eigenvalue weighted by Crippen LogP contribution is -2.26. The van der Waals surface area contributed by atoms with Gasteiger partial charge in [-0.15, -0.1) is 5.10 Å². The Labute approximate surface area is 167 Å². The number of hydrogen-bond donors (Lipinski definition) is 0. The molecule has 0 unspecified atom stereocenters. The molecular formula is C19H22N4O6. The molecule has 3 aromatic rings. The van der Waals surface area contributed by atoms with E-state index < -0.39 is 6.09 Å². The van der Waals surface area contributed by atoms with Gasteiger partial charge >= 0.3 is 6.09 Å². The fraction of sp³-hybridized carbons (Fsp3) is 0.316. The minimum atomic E-state index is -0.521. The Morgan fingerprint density at radius 3 is 2.34 bits per heavy atom.